The average Bonchev–Trinajstić information content (AvgIpc) is 2.26. The zero-order valence-corrected chi connectivity index (χ0v) is 11.2. The Morgan fingerprint density at radius 1 is 1.47 bits per heavy atom. The van der Waals surface area contributed by atoms with Crippen molar-refractivity contribution in [2.75, 3.05) is 12.9 Å². The van der Waals surface area contributed by atoms with Crippen molar-refractivity contribution in [3.8, 4) is 0 Å². The molecule has 2 nitrogen and oxygen atoms in total. The summed E-state index contributed by atoms with van der Waals surface area (Å²) in [5.41, 5.74) is 0.685. The molecule has 0 bridgehead atoms. The van der Waals surface area contributed by atoms with Gasteiger partial charge in [-0.05, 0) is 24.4 Å². The van der Waals surface area contributed by atoms with E-state index < -0.39 is 0 Å². The Kier molecular flexibility index (Phi) is 5.28. The van der Waals surface area contributed by atoms with Crippen LogP contribution >= 0.6 is 39.9 Å². The van der Waals surface area contributed by atoms with Crippen molar-refractivity contribution in [2.24, 2.45) is 0 Å². The van der Waals surface area contributed by atoms with Crippen molar-refractivity contribution in [2.45, 2.75) is 0 Å². The van der Waals surface area contributed by atoms with Crippen LogP contribution in [0.5, 0.6) is 0 Å². The molecule has 80 valence electrons. The summed E-state index contributed by atoms with van der Waals surface area (Å²) in [4.78, 5) is 11.6. The van der Waals surface area contributed by atoms with Gasteiger partial charge in [0.25, 0.3) is 0 Å². The van der Waals surface area contributed by atoms with Crippen molar-refractivity contribution in [1.82, 2.24) is 0 Å². The molecule has 1 aromatic carbocycles. The Balaban J connectivity index is 2.54. The van der Waals surface area contributed by atoms with Gasteiger partial charge in [0.2, 0.25) is 4.38 Å². The number of halogens is 1. The largest absolute Gasteiger partial charge is 0.482 e. The number of ketones is 1. The van der Waals surface area contributed by atoms with E-state index in [1.54, 1.807) is 12.1 Å². The summed E-state index contributed by atoms with van der Waals surface area (Å²) in [6.45, 7) is 0. The van der Waals surface area contributed by atoms with E-state index in [2.05, 4.69) is 15.9 Å². The highest BCUT2D eigenvalue weighted by Gasteiger charge is 2.07. The number of methoxy groups -OCH3 is 1. The van der Waals surface area contributed by atoms with E-state index in [-0.39, 0.29) is 5.78 Å². The quantitative estimate of drug-likeness (QED) is 0.632. The molecule has 0 fully saturated rings. The van der Waals surface area contributed by atoms with Gasteiger partial charge in [-0.15, -0.1) is 0 Å². The topological polar surface area (TPSA) is 26.3 Å². The summed E-state index contributed by atoms with van der Waals surface area (Å²) in [6.07, 6.45) is 0. The van der Waals surface area contributed by atoms with E-state index >= 15 is 0 Å². The zero-order chi connectivity index (χ0) is 11.3. The molecule has 15 heavy (non-hydrogen) atoms. The van der Waals surface area contributed by atoms with Crippen LogP contribution in [0, 0.1) is 0 Å². The van der Waals surface area contributed by atoms with Gasteiger partial charge in [0, 0.05) is 10.0 Å². The molecule has 0 aliphatic heterocycles. The fourth-order valence-electron chi connectivity index (χ4n) is 0.903. The van der Waals surface area contributed by atoms with Gasteiger partial charge in [-0.3, -0.25) is 4.79 Å². The highest BCUT2D eigenvalue weighted by atomic mass is 79.9. The summed E-state index contributed by atoms with van der Waals surface area (Å²) in [5, 5.41) is 0. The van der Waals surface area contributed by atoms with E-state index in [0.29, 0.717) is 15.7 Å². The van der Waals surface area contributed by atoms with Crippen LogP contribution in [0.15, 0.2) is 28.7 Å². The maximum atomic E-state index is 11.6. The number of ether oxygens (including phenoxy) is 1. The molecule has 1 aromatic rings. The highest BCUT2D eigenvalue weighted by molar-refractivity contribution is 9.10. The van der Waals surface area contributed by atoms with E-state index in [1.807, 2.05) is 12.1 Å². The first-order valence-electron chi connectivity index (χ1n) is 4.13. The molecule has 1 rings (SSSR count). The third-order valence-corrected chi connectivity index (χ3v) is 3.51. The lowest BCUT2D eigenvalue weighted by atomic mass is 10.2. The van der Waals surface area contributed by atoms with Crippen molar-refractivity contribution in [3.05, 3.63) is 34.3 Å². The Hall–Kier alpha value is -0.390. The molecule has 0 aliphatic rings. The van der Waals surface area contributed by atoms with E-state index in [4.69, 9.17) is 17.0 Å². The van der Waals surface area contributed by atoms with Crippen LogP contribution in [0.25, 0.3) is 0 Å². The maximum absolute atomic E-state index is 11.6. The van der Waals surface area contributed by atoms with Crippen LogP contribution in [0.4, 0.5) is 0 Å². The van der Waals surface area contributed by atoms with Gasteiger partial charge in [0.05, 0.1) is 12.9 Å². The van der Waals surface area contributed by atoms with Crippen molar-refractivity contribution >= 4 is 50.1 Å². The molecule has 0 radical (unpaired) electrons. The molecule has 0 heterocycles. The number of thiocarbonyl (C=S) groups is 1. The molecule has 0 saturated carbocycles. The second-order valence-corrected chi connectivity index (χ2v) is 5.17. The SMILES string of the molecule is COC(=S)SCC(=O)c1ccc(Br)cc1. The van der Waals surface area contributed by atoms with Crippen molar-refractivity contribution < 1.29 is 9.53 Å². The number of rotatable bonds is 3. The lowest BCUT2D eigenvalue weighted by Crippen LogP contribution is -2.04. The summed E-state index contributed by atoms with van der Waals surface area (Å²) in [7, 11) is 1.50. The molecular weight excluding hydrogens is 296 g/mol. The van der Waals surface area contributed by atoms with Crippen LogP contribution in [-0.2, 0) is 4.74 Å². The molecule has 0 aliphatic carbocycles. The zero-order valence-electron chi connectivity index (χ0n) is 8.03. The molecule has 0 unspecified atom stereocenters. The lowest BCUT2D eigenvalue weighted by molar-refractivity contribution is 0.102. The Morgan fingerprint density at radius 2 is 2.07 bits per heavy atom. The van der Waals surface area contributed by atoms with Crippen LogP contribution in [0.1, 0.15) is 10.4 Å². The number of benzene rings is 1. The number of Topliss-reactive ketones (excluding diaryl/α,β-unsaturated/α-hetero) is 1. The minimum atomic E-state index is 0.0481. The Morgan fingerprint density at radius 3 is 2.60 bits per heavy atom. The number of carbonyl (C=O) groups excluding carboxylic acids is 1. The summed E-state index contributed by atoms with van der Waals surface area (Å²) >= 11 is 9.37. The predicted molar refractivity (Wildman–Crippen MR) is 70.5 cm³/mol. The minimum Gasteiger partial charge on any atom is -0.482 e. The smallest absolute Gasteiger partial charge is 0.220 e. The highest BCUT2D eigenvalue weighted by Crippen LogP contribution is 2.13. The third kappa shape index (κ3) is 4.32. The molecule has 0 spiro atoms. The second kappa shape index (κ2) is 6.25. The van der Waals surface area contributed by atoms with Gasteiger partial charge in [-0.25, -0.2) is 0 Å². The van der Waals surface area contributed by atoms with Crippen LogP contribution in [0.3, 0.4) is 0 Å². The molecule has 0 atom stereocenters. The first-order valence-corrected chi connectivity index (χ1v) is 6.31. The van der Waals surface area contributed by atoms with Crippen LogP contribution < -0.4 is 0 Å². The Labute approximate surface area is 107 Å². The van der Waals surface area contributed by atoms with E-state index in [0.717, 1.165) is 4.47 Å². The summed E-state index contributed by atoms with van der Waals surface area (Å²) < 4.78 is 6.14. The molecule has 0 aromatic heterocycles. The number of hydrogen-bond acceptors (Lipinski definition) is 4. The molecule has 0 amide bonds. The van der Waals surface area contributed by atoms with Crippen molar-refractivity contribution in [3.63, 3.8) is 0 Å². The predicted octanol–water partition coefficient (Wildman–Crippen LogP) is 3.30. The average molecular weight is 305 g/mol. The molecule has 0 N–H and O–H groups in total. The maximum Gasteiger partial charge on any atom is 0.220 e. The first-order chi connectivity index (χ1) is 7.13. The van der Waals surface area contributed by atoms with E-state index in [9.17, 15) is 4.79 Å². The molecular formula is C10H9BrO2S2. The first kappa shape index (κ1) is 12.7. The molecule has 5 heteroatoms. The summed E-state index contributed by atoms with van der Waals surface area (Å²) in [6, 6.07) is 7.24. The second-order valence-electron chi connectivity index (χ2n) is 2.67. The van der Waals surface area contributed by atoms with Gasteiger partial charge in [0.15, 0.2) is 5.78 Å². The van der Waals surface area contributed by atoms with Crippen molar-refractivity contribution in [1.29, 1.82) is 0 Å². The van der Waals surface area contributed by atoms with Gasteiger partial charge < -0.3 is 4.74 Å². The molecule has 0 saturated heterocycles. The number of carbonyl (C=O) groups is 1. The normalized spacial score (nSPS) is 9.73. The monoisotopic (exact) mass is 304 g/mol. The lowest BCUT2D eigenvalue weighted by Gasteiger charge is -2.01. The van der Waals surface area contributed by atoms with Gasteiger partial charge in [-0.1, -0.05) is 39.8 Å². The fraction of sp³-hybridized carbons (Fsp3) is 0.200. The fourth-order valence-corrected chi connectivity index (χ4v) is 1.88. The summed E-state index contributed by atoms with van der Waals surface area (Å²) in [5.74, 6) is 0.362. The Bertz CT molecular complexity index is 362. The van der Waals surface area contributed by atoms with Gasteiger partial charge in [-0.2, -0.15) is 0 Å². The van der Waals surface area contributed by atoms with Gasteiger partial charge >= 0.3 is 0 Å². The number of hydrogen-bond donors (Lipinski definition) is 0. The minimum absolute atomic E-state index is 0.0481. The third-order valence-electron chi connectivity index (χ3n) is 1.65. The number of thioether (sulfide) groups is 1. The van der Waals surface area contributed by atoms with Crippen LogP contribution in [-0.4, -0.2) is 23.0 Å². The van der Waals surface area contributed by atoms with Crippen LogP contribution in [0.2, 0.25) is 0 Å². The van der Waals surface area contributed by atoms with Gasteiger partial charge in [0.1, 0.15) is 0 Å². The van der Waals surface area contributed by atoms with E-state index in [1.165, 1.54) is 18.9 Å². The standard InChI is InChI=1S/C10H9BrO2S2/c1-13-10(14)15-6-9(12)7-2-4-8(11)5-3-7/h2-5H,6H2,1H3.